The summed E-state index contributed by atoms with van der Waals surface area (Å²) in [7, 11) is 0. The molecule has 3 heteroatoms. The van der Waals surface area contributed by atoms with Crippen LogP contribution in [0.4, 0.5) is 0 Å². The van der Waals surface area contributed by atoms with Crippen molar-refractivity contribution in [2.24, 2.45) is 11.8 Å². The standard InChI is InChI=1S/C18H35NOS/c1-4-6-18(21-13-5-2)11-12-19-14-16-7-9-17(10-8-16)15(3)20/h16-19H,4-14H2,1-3H3. The third kappa shape index (κ3) is 8.25. The molecule has 1 aliphatic rings. The van der Waals surface area contributed by atoms with Crippen LogP contribution in [0.15, 0.2) is 0 Å². The molecule has 1 atom stereocenters. The van der Waals surface area contributed by atoms with Gasteiger partial charge < -0.3 is 5.32 Å². The summed E-state index contributed by atoms with van der Waals surface area (Å²) in [5.41, 5.74) is 0. The number of rotatable bonds is 11. The fourth-order valence-electron chi connectivity index (χ4n) is 3.26. The quantitative estimate of drug-likeness (QED) is 0.562. The monoisotopic (exact) mass is 313 g/mol. The highest BCUT2D eigenvalue weighted by Gasteiger charge is 2.23. The summed E-state index contributed by atoms with van der Waals surface area (Å²) in [4.78, 5) is 11.4. The van der Waals surface area contributed by atoms with Gasteiger partial charge in [-0.15, -0.1) is 0 Å². The van der Waals surface area contributed by atoms with Gasteiger partial charge in [0.05, 0.1) is 0 Å². The maximum absolute atomic E-state index is 11.4. The topological polar surface area (TPSA) is 29.1 Å². The molecule has 0 spiro atoms. The number of hydrogen-bond donors (Lipinski definition) is 1. The SMILES string of the molecule is CCCSC(CCC)CCNCC1CCC(C(C)=O)CC1. The first-order valence-corrected chi connectivity index (χ1v) is 10.0. The summed E-state index contributed by atoms with van der Waals surface area (Å²) in [6.07, 6.45) is 9.96. The number of nitrogens with one attached hydrogen (secondary N) is 1. The molecule has 0 heterocycles. The second-order valence-electron chi connectivity index (χ2n) is 6.60. The summed E-state index contributed by atoms with van der Waals surface area (Å²) >= 11 is 2.16. The first-order valence-electron chi connectivity index (χ1n) is 9.00. The minimum absolute atomic E-state index is 0.362. The Kier molecular flexibility index (Phi) is 10.5. The van der Waals surface area contributed by atoms with E-state index in [0.29, 0.717) is 11.7 Å². The van der Waals surface area contributed by atoms with Crippen LogP contribution in [0.25, 0.3) is 0 Å². The van der Waals surface area contributed by atoms with Gasteiger partial charge in [-0.1, -0.05) is 20.3 Å². The van der Waals surface area contributed by atoms with Gasteiger partial charge in [-0.05, 0) is 76.6 Å². The molecule has 0 amide bonds. The number of Topliss-reactive ketones (excluding diaryl/α,β-unsaturated/α-hetero) is 1. The highest BCUT2D eigenvalue weighted by molar-refractivity contribution is 7.99. The summed E-state index contributed by atoms with van der Waals surface area (Å²) in [5, 5.41) is 4.51. The molecule has 0 bridgehead atoms. The maximum atomic E-state index is 11.4. The van der Waals surface area contributed by atoms with Gasteiger partial charge in [0.1, 0.15) is 5.78 Å². The molecule has 2 nitrogen and oxygen atoms in total. The molecular formula is C18H35NOS. The van der Waals surface area contributed by atoms with Crippen LogP contribution in [0, 0.1) is 11.8 Å². The second-order valence-corrected chi connectivity index (χ2v) is 8.01. The number of hydrogen-bond acceptors (Lipinski definition) is 3. The summed E-state index contributed by atoms with van der Waals surface area (Å²) in [6.45, 7) is 8.63. The Morgan fingerprint density at radius 1 is 1.14 bits per heavy atom. The van der Waals surface area contributed by atoms with Crippen molar-refractivity contribution in [3.63, 3.8) is 0 Å². The summed E-state index contributed by atoms with van der Waals surface area (Å²) in [6, 6.07) is 0. The van der Waals surface area contributed by atoms with Crippen LogP contribution in [0.3, 0.4) is 0 Å². The van der Waals surface area contributed by atoms with Gasteiger partial charge in [-0.25, -0.2) is 0 Å². The molecule has 1 saturated carbocycles. The first-order chi connectivity index (χ1) is 10.2. The zero-order chi connectivity index (χ0) is 15.5. The number of carbonyl (C=O) groups excluding carboxylic acids is 1. The molecule has 0 aromatic rings. The van der Waals surface area contributed by atoms with Crippen LogP contribution in [-0.2, 0) is 4.79 Å². The van der Waals surface area contributed by atoms with Crippen molar-refractivity contribution in [1.29, 1.82) is 0 Å². The predicted octanol–water partition coefficient (Wildman–Crippen LogP) is 4.67. The highest BCUT2D eigenvalue weighted by atomic mass is 32.2. The van der Waals surface area contributed by atoms with E-state index in [-0.39, 0.29) is 0 Å². The normalized spacial score (nSPS) is 24.0. The predicted molar refractivity (Wildman–Crippen MR) is 95.1 cm³/mol. The van der Waals surface area contributed by atoms with E-state index in [2.05, 4.69) is 30.9 Å². The van der Waals surface area contributed by atoms with Crippen molar-refractivity contribution in [2.75, 3.05) is 18.8 Å². The lowest BCUT2D eigenvalue weighted by Gasteiger charge is -2.27. The molecule has 1 N–H and O–H groups in total. The molecule has 1 rings (SSSR count). The van der Waals surface area contributed by atoms with Crippen LogP contribution in [0.5, 0.6) is 0 Å². The van der Waals surface area contributed by atoms with Crippen LogP contribution < -0.4 is 5.32 Å². The third-order valence-corrected chi connectivity index (χ3v) is 6.25. The van der Waals surface area contributed by atoms with Crippen molar-refractivity contribution < 1.29 is 4.79 Å². The lowest BCUT2D eigenvalue weighted by Crippen LogP contribution is -2.29. The second kappa shape index (κ2) is 11.5. The Bertz CT molecular complexity index is 274. The zero-order valence-electron chi connectivity index (χ0n) is 14.3. The van der Waals surface area contributed by atoms with E-state index < -0.39 is 0 Å². The van der Waals surface area contributed by atoms with Crippen LogP contribution in [-0.4, -0.2) is 29.9 Å². The number of carbonyl (C=O) groups is 1. The van der Waals surface area contributed by atoms with Gasteiger partial charge in [0.15, 0.2) is 0 Å². The van der Waals surface area contributed by atoms with Gasteiger partial charge in [0, 0.05) is 11.2 Å². The van der Waals surface area contributed by atoms with E-state index in [4.69, 9.17) is 0 Å². The molecule has 124 valence electrons. The molecule has 0 radical (unpaired) electrons. The molecule has 21 heavy (non-hydrogen) atoms. The Balaban J connectivity index is 2.09. The molecule has 0 aromatic carbocycles. The van der Waals surface area contributed by atoms with E-state index in [1.54, 1.807) is 6.92 Å². The lowest BCUT2D eigenvalue weighted by molar-refractivity contribution is -0.121. The molecule has 1 aliphatic carbocycles. The molecule has 1 fully saturated rings. The van der Waals surface area contributed by atoms with Crippen LogP contribution in [0.2, 0.25) is 0 Å². The minimum atomic E-state index is 0.362. The average Bonchev–Trinajstić information content (AvgIpc) is 2.49. The molecule has 1 unspecified atom stereocenters. The molecule has 0 aliphatic heterocycles. The van der Waals surface area contributed by atoms with Crippen molar-refractivity contribution in [1.82, 2.24) is 5.32 Å². The van der Waals surface area contributed by atoms with Crippen molar-refractivity contribution >= 4 is 17.5 Å². The largest absolute Gasteiger partial charge is 0.316 e. The van der Waals surface area contributed by atoms with Crippen LogP contribution >= 0.6 is 11.8 Å². The zero-order valence-corrected chi connectivity index (χ0v) is 15.1. The van der Waals surface area contributed by atoms with E-state index in [9.17, 15) is 4.79 Å². The average molecular weight is 314 g/mol. The fourth-order valence-corrected chi connectivity index (χ4v) is 4.52. The Morgan fingerprint density at radius 2 is 1.86 bits per heavy atom. The number of thioether (sulfide) groups is 1. The molecule has 0 saturated heterocycles. The highest BCUT2D eigenvalue weighted by Crippen LogP contribution is 2.28. The van der Waals surface area contributed by atoms with Crippen molar-refractivity contribution in [2.45, 2.75) is 77.4 Å². The third-order valence-electron chi connectivity index (χ3n) is 4.67. The van der Waals surface area contributed by atoms with Gasteiger partial charge in [-0.2, -0.15) is 11.8 Å². The summed E-state index contributed by atoms with van der Waals surface area (Å²) in [5.74, 6) is 2.87. The smallest absolute Gasteiger partial charge is 0.132 e. The van der Waals surface area contributed by atoms with Gasteiger partial charge >= 0.3 is 0 Å². The summed E-state index contributed by atoms with van der Waals surface area (Å²) < 4.78 is 0. The molecular weight excluding hydrogens is 278 g/mol. The van der Waals surface area contributed by atoms with E-state index in [1.165, 1.54) is 44.3 Å². The van der Waals surface area contributed by atoms with Crippen molar-refractivity contribution in [3.05, 3.63) is 0 Å². The van der Waals surface area contributed by atoms with E-state index >= 15 is 0 Å². The first kappa shape index (κ1) is 19.0. The van der Waals surface area contributed by atoms with Gasteiger partial charge in [-0.3, -0.25) is 4.79 Å². The van der Waals surface area contributed by atoms with E-state index in [0.717, 1.165) is 37.1 Å². The van der Waals surface area contributed by atoms with E-state index in [1.807, 2.05) is 0 Å². The minimum Gasteiger partial charge on any atom is -0.316 e. The van der Waals surface area contributed by atoms with Gasteiger partial charge in [0.25, 0.3) is 0 Å². The Morgan fingerprint density at radius 3 is 2.43 bits per heavy atom. The van der Waals surface area contributed by atoms with Gasteiger partial charge in [0.2, 0.25) is 0 Å². The lowest BCUT2D eigenvalue weighted by atomic mass is 9.80. The number of ketones is 1. The Labute approximate surface area is 136 Å². The maximum Gasteiger partial charge on any atom is 0.132 e. The van der Waals surface area contributed by atoms with Crippen LogP contribution in [0.1, 0.15) is 72.1 Å². The fraction of sp³-hybridized carbons (Fsp3) is 0.944. The van der Waals surface area contributed by atoms with Crippen molar-refractivity contribution in [3.8, 4) is 0 Å². The Hall–Kier alpha value is -0.0200. The molecule has 0 aromatic heterocycles.